The molecule has 2 aliphatic carbocycles. The van der Waals surface area contributed by atoms with Crippen LogP contribution < -0.4 is 11.2 Å². The first-order valence-corrected chi connectivity index (χ1v) is 9.56. The lowest BCUT2D eigenvalue weighted by molar-refractivity contribution is -0.118. The summed E-state index contributed by atoms with van der Waals surface area (Å²) in [5.74, 6) is 1.06. The highest BCUT2D eigenvalue weighted by atomic mass is 32.2. The number of carbonyl (C=O) groups is 1. The maximum absolute atomic E-state index is 12.2. The number of anilines is 1. The van der Waals surface area contributed by atoms with Crippen LogP contribution in [0.5, 0.6) is 0 Å². The van der Waals surface area contributed by atoms with Crippen LogP contribution in [0.25, 0.3) is 0 Å². The molecule has 0 spiro atoms. The Morgan fingerprint density at radius 1 is 1.52 bits per heavy atom. The average Bonchev–Trinajstić information content (AvgIpc) is 3.09. The Bertz CT molecular complexity index is 725. The number of hydrogen-bond acceptors (Lipinski definition) is 6. The Hall–Kier alpha value is -1.83. The SMILES string of the molecule is C=CCn1c(N)nnc1SCC(=O)N/N=C1/CC2CCC1(C)C2(C)C. The lowest BCUT2D eigenvalue weighted by Gasteiger charge is -2.34. The molecule has 2 saturated carbocycles. The van der Waals surface area contributed by atoms with Crippen LogP contribution in [0.1, 0.15) is 40.0 Å². The number of amides is 1. The number of rotatable bonds is 6. The third-order valence-corrected chi connectivity index (χ3v) is 7.18. The van der Waals surface area contributed by atoms with Crippen LogP contribution >= 0.6 is 11.8 Å². The zero-order chi connectivity index (χ0) is 18.2. The van der Waals surface area contributed by atoms with E-state index in [4.69, 9.17) is 5.73 Å². The van der Waals surface area contributed by atoms with Gasteiger partial charge in [0.05, 0.1) is 5.75 Å². The van der Waals surface area contributed by atoms with Crippen molar-refractivity contribution in [1.29, 1.82) is 0 Å². The Morgan fingerprint density at radius 3 is 2.88 bits per heavy atom. The van der Waals surface area contributed by atoms with Gasteiger partial charge in [0.15, 0.2) is 5.16 Å². The van der Waals surface area contributed by atoms with Crippen molar-refractivity contribution < 1.29 is 4.79 Å². The van der Waals surface area contributed by atoms with Gasteiger partial charge in [-0.25, -0.2) is 5.43 Å². The van der Waals surface area contributed by atoms with Crippen LogP contribution in [0.2, 0.25) is 0 Å². The molecule has 2 fully saturated rings. The van der Waals surface area contributed by atoms with Crippen molar-refractivity contribution in [1.82, 2.24) is 20.2 Å². The van der Waals surface area contributed by atoms with Crippen LogP contribution in [-0.4, -0.2) is 32.1 Å². The fraction of sp³-hybridized carbons (Fsp3) is 0.647. The Balaban J connectivity index is 1.59. The van der Waals surface area contributed by atoms with Gasteiger partial charge in [0.1, 0.15) is 0 Å². The van der Waals surface area contributed by atoms with E-state index in [1.54, 1.807) is 10.6 Å². The molecule has 2 atom stereocenters. The average molecular weight is 363 g/mol. The summed E-state index contributed by atoms with van der Waals surface area (Å²) < 4.78 is 1.72. The highest BCUT2D eigenvalue weighted by Gasteiger charge is 2.59. The van der Waals surface area contributed by atoms with E-state index in [2.05, 4.69) is 48.1 Å². The summed E-state index contributed by atoms with van der Waals surface area (Å²) in [5.41, 5.74) is 9.95. The fourth-order valence-electron chi connectivity index (χ4n) is 4.10. The van der Waals surface area contributed by atoms with Gasteiger partial charge >= 0.3 is 0 Å². The minimum Gasteiger partial charge on any atom is -0.368 e. The second-order valence-electron chi connectivity index (χ2n) is 7.62. The van der Waals surface area contributed by atoms with E-state index in [0.29, 0.717) is 23.6 Å². The first-order chi connectivity index (χ1) is 11.8. The lowest BCUT2D eigenvalue weighted by Crippen LogP contribution is -2.34. The number of hydrazone groups is 1. The molecule has 1 aromatic rings. The molecule has 3 rings (SSSR count). The molecule has 0 aromatic carbocycles. The van der Waals surface area contributed by atoms with Crippen LogP contribution in [0.3, 0.4) is 0 Å². The van der Waals surface area contributed by atoms with Gasteiger partial charge in [-0.1, -0.05) is 38.6 Å². The van der Waals surface area contributed by atoms with E-state index in [-0.39, 0.29) is 22.5 Å². The molecular weight excluding hydrogens is 336 g/mol. The highest BCUT2D eigenvalue weighted by Crippen LogP contribution is 2.63. The second-order valence-corrected chi connectivity index (χ2v) is 8.56. The quantitative estimate of drug-likeness (QED) is 0.460. The number of nitrogens with two attached hydrogens (primary N) is 1. The van der Waals surface area contributed by atoms with Crippen molar-refractivity contribution in [2.24, 2.45) is 21.8 Å². The smallest absolute Gasteiger partial charge is 0.250 e. The van der Waals surface area contributed by atoms with Gasteiger partial charge in [0.25, 0.3) is 5.91 Å². The van der Waals surface area contributed by atoms with Crippen LogP contribution in [0.15, 0.2) is 22.9 Å². The number of carbonyl (C=O) groups excluding carboxylic acids is 1. The summed E-state index contributed by atoms with van der Waals surface area (Å²) in [6.07, 6.45) is 5.11. The predicted molar refractivity (Wildman–Crippen MR) is 100 cm³/mol. The molecule has 136 valence electrons. The number of fused-ring (bicyclic) bond motifs is 2. The van der Waals surface area contributed by atoms with Gasteiger partial charge in [-0.3, -0.25) is 9.36 Å². The van der Waals surface area contributed by atoms with Crippen LogP contribution in [0, 0.1) is 16.7 Å². The molecule has 2 bridgehead atoms. The van der Waals surface area contributed by atoms with E-state index < -0.39 is 0 Å². The largest absolute Gasteiger partial charge is 0.368 e. The molecule has 0 saturated heterocycles. The van der Waals surface area contributed by atoms with Crippen molar-refractivity contribution in [3.8, 4) is 0 Å². The minimum atomic E-state index is -0.145. The number of nitrogens with zero attached hydrogens (tertiary/aromatic N) is 4. The third-order valence-electron chi connectivity index (χ3n) is 6.22. The maximum atomic E-state index is 12.2. The number of allylic oxidation sites excluding steroid dienone is 1. The summed E-state index contributed by atoms with van der Waals surface area (Å²) >= 11 is 1.29. The number of thioether (sulfide) groups is 1. The maximum Gasteiger partial charge on any atom is 0.250 e. The van der Waals surface area contributed by atoms with Crippen molar-refractivity contribution in [2.75, 3.05) is 11.5 Å². The predicted octanol–water partition coefficient (Wildman–Crippen LogP) is 2.46. The summed E-state index contributed by atoms with van der Waals surface area (Å²) in [4.78, 5) is 12.2. The summed E-state index contributed by atoms with van der Waals surface area (Å²) in [6, 6.07) is 0. The topological polar surface area (TPSA) is 98.2 Å². The van der Waals surface area contributed by atoms with Gasteiger partial charge < -0.3 is 5.73 Å². The van der Waals surface area contributed by atoms with Crippen molar-refractivity contribution >= 4 is 29.3 Å². The first-order valence-electron chi connectivity index (χ1n) is 8.58. The minimum absolute atomic E-state index is 0.0939. The summed E-state index contributed by atoms with van der Waals surface area (Å²) in [6.45, 7) is 11.1. The number of nitrogens with one attached hydrogen (secondary N) is 1. The molecule has 7 nitrogen and oxygen atoms in total. The third kappa shape index (κ3) is 2.96. The zero-order valence-corrected chi connectivity index (χ0v) is 15.9. The molecule has 0 radical (unpaired) electrons. The molecule has 3 N–H and O–H groups in total. The van der Waals surface area contributed by atoms with Gasteiger partial charge in [0, 0.05) is 17.7 Å². The Labute approximate surface area is 152 Å². The Morgan fingerprint density at radius 2 is 2.28 bits per heavy atom. The van der Waals surface area contributed by atoms with E-state index in [1.807, 2.05) is 0 Å². The van der Waals surface area contributed by atoms with Gasteiger partial charge in [-0.15, -0.1) is 16.8 Å². The summed E-state index contributed by atoms with van der Waals surface area (Å²) in [5, 5.41) is 12.9. The lowest BCUT2D eigenvalue weighted by atomic mass is 9.70. The van der Waals surface area contributed by atoms with E-state index in [9.17, 15) is 4.79 Å². The highest BCUT2D eigenvalue weighted by molar-refractivity contribution is 7.99. The molecule has 1 amide bonds. The van der Waals surface area contributed by atoms with E-state index in [0.717, 1.165) is 18.6 Å². The second kappa shape index (κ2) is 6.48. The fourth-order valence-corrected chi connectivity index (χ4v) is 4.84. The monoisotopic (exact) mass is 362 g/mol. The number of hydrogen-bond donors (Lipinski definition) is 2. The molecule has 2 unspecified atom stereocenters. The zero-order valence-electron chi connectivity index (χ0n) is 15.1. The van der Waals surface area contributed by atoms with Gasteiger partial charge in [0.2, 0.25) is 5.95 Å². The Kier molecular flexibility index (Phi) is 4.66. The molecule has 2 aliphatic rings. The van der Waals surface area contributed by atoms with E-state index >= 15 is 0 Å². The molecule has 1 aromatic heterocycles. The number of aromatic nitrogens is 3. The molecule has 8 heteroatoms. The molecule has 0 aliphatic heterocycles. The summed E-state index contributed by atoms with van der Waals surface area (Å²) in [7, 11) is 0. The standard InChI is InChI=1S/C17H26N6OS/c1-5-8-23-14(18)21-22-15(23)25-10-13(24)20-19-12-9-11-6-7-17(12,4)16(11,2)3/h5,11H,1,6-10H2,2-4H3,(H2,18,21)(H,20,24)/b19-12-. The van der Waals surface area contributed by atoms with Crippen molar-refractivity contribution in [3.63, 3.8) is 0 Å². The van der Waals surface area contributed by atoms with Crippen LogP contribution in [0.4, 0.5) is 5.95 Å². The van der Waals surface area contributed by atoms with Gasteiger partial charge in [-0.05, 0) is 30.6 Å². The normalized spacial score (nSPS) is 28.4. The number of nitrogen functional groups attached to an aromatic ring is 1. The van der Waals surface area contributed by atoms with Crippen LogP contribution in [-0.2, 0) is 11.3 Å². The van der Waals surface area contributed by atoms with Crippen molar-refractivity contribution in [2.45, 2.75) is 51.7 Å². The molecular formula is C17H26N6OS. The van der Waals surface area contributed by atoms with Crippen molar-refractivity contribution in [3.05, 3.63) is 12.7 Å². The molecule has 1 heterocycles. The van der Waals surface area contributed by atoms with E-state index in [1.165, 1.54) is 18.2 Å². The van der Waals surface area contributed by atoms with Gasteiger partial charge in [-0.2, -0.15) is 5.10 Å². The molecule has 25 heavy (non-hydrogen) atoms. The first kappa shape index (κ1) is 18.0.